The molecule has 1 aliphatic heterocycles. The molecule has 3 heterocycles. The molecule has 7 nitrogen and oxygen atoms in total. The summed E-state index contributed by atoms with van der Waals surface area (Å²) in [5.41, 5.74) is 3.54. The van der Waals surface area contributed by atoms with Gasteiger partial charge in [-0.3, -0.25) is 14.9 Å². The van der Waals surface area contributed by atoms with Crippen molar-refractivity contribution in [2.45, 2.75) is 45.2 Å². The van der Waals surface area contributed by atoms with Crippen molar-refractivity contribution in [3.63, 3.8) is 0 Å². The predicted molar refractivity (Wildman–Crippen MR) is 129 cm³/mol. The zero-order valence-corrected chi connectivity index (χ0v) is 19.8. The van der Waals surface area contributed by atoms with Crippen molar-refractivity contribution in [1.29, 1.82) is 0 Å². The summed E-state index contributed by atoms with van der Waals surface area (Å²) >= 11 is 0. The number of likely N-dealkylation sites (tertiary alicyclic amines) is 1. The minimum atomic E-state index is -1.18. The van der Waals surface area contributed by atoms with Gasteiger partial charge in [0.15, 0.2) is 0 Å². The molecule has 0 amide bonds. The number of hydrogen-bond donors (Lipinski definition) is 2. The summed E-state index contributed by atoms with van der Waals surface area (Å²) in [6.07, 6.45) is 5.88. The molecule has 0 unspecified atom stereocenters. The Balaban J connectivity index is 1.34. The zero-order valence-electron chi connectivity index (χ0n) is 19.8. The van der Waals surface area contributed by atoms with Crippen LogP contribution in [0.5, 0.6) is 5.75 Å². The Kier molecular flexibility index (Phi) is 7.77. The van der Waals surface area contributed by atoms with E-state index in [1.165, 1.54) is 5.56 Å². The van der Waals surface area contributed by atoms with Crippen LogP contribution in [0.4, 0.5) is 4.39 Å². The first-order valence-corrected chi connectivity index (χ1v) is 12.0. The van der Waals surface area contributed by atoms with E-state index in [0.29, 0.717) is 30.7 Å². The van der Waals surface area contributed by atoms with Gasteiger partial charge in [-0.05, 0) is 93.4 Å². The van der Waals surface area contributed by atoms with E-state index in [2.05, 4.69) is 20.1 Å². The van der Waals surface area contributed by atoms with E-state index < -0.39 is 18.1 Å². The fourth-order valence-corrected chi connectivity index (χ4v) is 5.09. The molecule has 2 N–H and O–H groups in total. The van der Waals surface area contributed by atoms with Gasteiger partial charge in [0, 0.05) is 24.3 Å². The van der Waals surface area contributed by atoms with Crippen LogP contribution >= 0.6 is 0 Å². The minimum absolute atomic E-state index is 0.0224. The largest absolute Gasteiger partial charge is 0.497 e. The first kappa shape index (κ1) is 24.1. The van der Waals surface area contributed by atoms with Crippen LogP contribution in [-0.4, -0.2) is 57.9 Å². The van der Waals surface area contributed by atoms with Crippen molar-refractivity contribution in [1.82, 2.24) is 20.1 Å². The second kappa shape index (κ2) is 11.0. The number of pyridine rings is 1. The summed E-state index contributed by atoms with van der Waals surface area (Å²) in [6, 6.07) is 7.17. The number of hydrogen-bond acceptors (Lipinski definition) is 5. The minimum Gasteiger partial charge on any atom is -0.497 e. The summed E-state index contributed by atoms with van der Waals surface area (Å²) < 4.78 is 20.7. The van der Waals surface area contributed by atoms with Gasteiger partial charge in [0.05, 0.1) is 24.2 Å². The average molecular weight is 469 g/mol. The molecule has 3 aromatic rings. The molecule has 34 heavy (non-hydrogen) atoms. The third kappa shape index (κ3) is 5.55. The number of H-pyrrole nitrogens is 1. The highest BCUT2D eigenvalue weighted by Gasteiger charge is 2.34. The first-order valence-electron chi connectivity index (χ1n) is 12.0. The predicted octanol–water partition coefficient (Wildman–Crippen LogP) is 4.72. The van der Waals surface area contributed by atoms with Crippen molar-refractivity contribution < 1.29 is 19.0 Å². The Hall–Kier alpha value is -3.00. The fourth-order valence-electron chi connectivity index (χ4n) is 5.09. The van der Waals surface area contributed by atoms with Crippen LogP contribution in [0.3, 0.4) is 0 Å². The topological polar surface area (TPSA) is 91.3 Å². The highest BCUT2D eigenvalue weighted by molar-refractivity contribution is 5.83. The number of aliphatic carboxylic acids is 1. The molecule has 0 saturated carbocycles. The number of halogens is 1. The third-order valence-electron chi connectivity index (χ3n) is 7.12. The van der Waals surface area contributed by atoms with E-state index >= 15 is 4.39 Å². The summed E-state index contributed by atoms with van der Waals surface area (Å²) in [4.78, 5) is 18.6. The second-order valence-electron chi connectivity index (χ2n) is 9.22. The smallest absolute Gasteiger partial charge is 0.308 e. The number of fused-ring (bicyclic) bond motifs is 1. The lowest BCUT2D eigenvalue weighted by atomic mass is 9.81. The van der Waals surface area contributed by atoms with Crippen molar-refractivity contribution >= 4 is 16.9 Å². The maximum absolute atomic E-state index is 15.4. The molecule has 8 heteroatoms. The van der Waals surface area contributed by atoms with Gasteiger partial charge in [-0.2, -0.15) is 5.10 Å². The van der Waals surface area contributed by atoms with Crippen LogP contribution in [0.15, 0.2) is 36.7 Å². The highest BCUT2D eigenvalue weighted by atomic mass is 19.1. The van der Waals surface area contributed by atoms with Gasteiger partial charge in [-0.25, -0.2) is 4.39 Å². The number of methoxy groups -OCH3 is 1. The normalized spacial score (nSPS) is 19.9. The molecular weight excluding hydrogens is 435 g/mol. The number of aromatic nitrogens is 3. The van der Waals surface area contributed by atoms with Crippen LogP contribution in [0.2, 0.25) is 0 Å². The van der Waals surface area contributed by atoms with E-state index in [-0.39, 0.29) is 5.92 Å². The number of carboxylic acids is 1. The van der Waals surface area contributed by atoms with E-state index in [1.54, 1.807) is 19.4 Å². The summed E-state index contributed by atoms with van der Waals surface area (Å²) in [5, 5.41) is 17.6. The van der Waals surface area contributed by atoms with Gasteiger partial charge in [-0.1, -0.05) is 0 Å². The van der Waals surface area contributed by atoms with Crippen LogP contribution < -0.4 is 4.74 Å². The van der Waals surface area contributed by atoms with Crippen molar-refractivity contribution in [3.8, 4) is 5.75 Å². The molecule has 1 aromatic carbocycles. The molecule has 2 aromatic heterocycles. The van der Waals surface area contributed by atoms with Gasteiger partial charge >= 0.3 is 5.97 Å². The lowest BCUT2D eigenvalue weighted by Crippen LogP contribution is -2.44. The van der Waals surface area contributed by atoms with Crippen LogP contribution in [0, 0.1) is 18.8 Å². The Morgan fingerprint density at radius 2 is 2.24 bits per heavy atom. The number of piperidine rings is 1. The van der Waals surface area contributed by atoms with Crippen molar-refractivity contribution in [2.75, 3.05) is 26.7 Å². The number of ether oxygens (including phenoxy) is 1. The Bertz CT molecular complexity index is 1120. The molecule has 1 aliphatic rings. The summed E-state index contributed by atoms with van der Waals surface area (Å²) in [6.45, 7) is 4.22. The molecule has 0 bridgehead atoms. The van der Waals surface area contributed by atoms with E-state index in [1.807, 2.05) is 31.3 Å². The lowest BCUT2D eigenvalue weighted by molar-refractivity contribution is -0.146. The number of nitrogens with zero attached hydrogens (tertiary/aromatic N) is 3. The van der Waals surface area contributed by atoms with Gasteiger partial charge in [0.1, 0.15) is 11.9 Å². The third-order valence-corrected chi connectivity index (χ3v) is 7.12. The van der Waals surface area contributed by atoms with Crippen LogP contribution in [0.25, 0.3) is 10.9 Å². The SMILES string of the molecule is COc1ccc2nccc([C@@H](F)CC[C@@H]3CCN(CCCc4c[nH]nc4C)C[C@@H]3C(=O)O)c2c1. The highest BCUT2D eigenvalue weighted by Crippen LogP contribution is 2.35. The molecule has 3 atom stereocenters. The number of carboxylic acid groups (broad SMARTS) is 1. The standard InChI is InChI=1S/C26H33FN4O3/c1-17-19(15-29-30-17)4-3-12-31-13-10-18(23(16-31)26(32)33)5-7-24(27)21-9-11-28-25-8-6-20(34-2)14-22(21)25/h6,8-9,11,14-15,18,23-24H,3-5,7,10,12-13,16H2,1-2H3,(H,29,30)(H,32,33)/t18-,23+,24+/m1/s1. The summed E-state index contributed by atoms with van der Waals surface area (Å²) in [7, 11) is 1.58. The van der Waals surface area contributed by atoms with Gasteiger partial charge in [-0.15, -0.1) is 0 Å². The van der Waals surface area contributed by atoms with E-state index in [0.717, 1.165) is 48.9 Å². The number of rotatable bonds is 10. The number of nitrogens with one attached hydrogen (secondary N) is 1. The van der Waals surface area contributed by atoms with Crippen LogP contribution in [-0.2, 0) is 11.2 Å². The van der Waals surface area contributed by atoms with Gasteiger partial charge in [0.2, 0.25) is 0 Å². The molecule has 0 radical (unpaired) electrons. The Morgan fingerprint density at radius 3 is 2.97 bits per heavy atom. The quantitative estimate of drug-likeness (QED) is 0.447. The number of aromatic amines is 1. The van der Waals surface area contributed by atoms with Crippen LogP contribution in [0.1, 0.15) is 48.7 Å². The van der Waals surface area contributed by atoms with Crippen molar-refractivity contribution in [2.24, 2.45) is 11.8 Å². The monoisotopic (exact) mass is 468 g/mol. The number of carbonyl (C=O) groups is 1. The lowest BCUT2D eigenvalue weighted by Gasteiger charge is -2.36. The summed E-state index contributed by atoms with van der Waals surface area (Å²) in [5.74, 6) is -0.610. The number of alkyl halides is 1. The Morgan fingerprint density at radius 1 is 1.38 bits per heavy atom. The molecule has 182 valence electrons. The number of benzene rings is 1. The Labute approximate surface area is 199 Å². The van der Waals surface area contributed by atoms with E-state index in [4.69, 9.17) is 4.74 Å². The fraction of sp³-hybridized carbons (Fsp3) is 0.500. The molecule has 1 saturated heterocycles. The van der Waals surface area contributed by atoms with Gasteiger partial charge < -0.3 is 14.7 Å². The average Bonchev–Trinajstić information content (AvgIpc) is 3.26. The molecule has 0 aliphatic carbocycles. The maximum Gasteiger partial charge on any atom is 0.308 e. The molecular formula is C26H33FN4O3. The van der Waals surface area contributed by atoms with E-state index in [9.17, 15) is 9.90 Å². The zero-order chi connectivity index (χ0) is 24.1. The van der Waals surface area contributed by atoms with Gasteiger partial charge in [0.25, 0.3) is 0 Å². The molecule has 0 spiro atoms. The van der Waals surface area contributed by atoms with Crippen molar-refractivity contribution in [3.05, 3.63) is 53.5 Å². The maximum atomic E-state index is 15.4. The first-order chi connectivity index (χ1) is 16.5. The molecule has 1 fully saturated rings. The number of aryl methyl sites for hydroxylation is 2. The second-order valence-corrected chi connectivity index (χ2v) is 9.22. The molecule has 4 rings (SSSR count).